The monoisotopic (exact) mass is 301 g/mol. The zero-order valence-electron chi connectivity index (χ0n) is 12.4. The van der Waals surface area contributed by atoms with E-state index >= 15 is 0 Å². The molecule has 0 atom stereocenters. The van der Waals surface area contributed by atoms with Crippen LogP contribution in [0.25, 0.3) is 0 Å². The predicted molar refractivity (Wildman–Crippen MR) is 82.1 cm³/mol. The van der Waals surface area contributed by atoms with Gasteiger partial charge in [-0.1, -0.05) is 43.7 Å². The van der Waals surface area contributed by atoms with Crippen LogP contribution in [0, 0.1) is 0 Å². The number of carbonyl (C=O) groups excluding carboxylic acids is 1. The van der Waals surface area contributed by atoms with E-state index in [1.807, 2.05) is 37.3 Å². The molecule has 0 aliphatic heterocycles. The summed E-state index contributed by atoms with van der Waals surface area (Å²) in [6.45, 7) is 2.35. The first-order chi connectivity index (χ1) is 10.7. The molecule has 0 saturated heterocycles. The maximum atomic E-state index is 11.5. The van der Waals surface area contributed by atoms with Gasteiger partial charge in [-0.05, 0) is 24.1 Å². The van der Waals surface area contributed by atoms with Crippen LogP contribution in [-0.2, 0) is 13.0 Å². The molecule has 116 valence electrons. The molecule has 0 aliphatic carbocycles. The van der Waals surface area contributed by atoms with E-state index in [1.54, 1.807) is 6.07 Å². The summed E-state index contributed by atoms with van der Waals surface area (Å²) in [6.07, 6.45) is 1.36. The molecule has 2 aromatic rings. The Labute approximate surface area is 129 Å². The lowest BCUT2D eigenvalue weighted by Gasteiger charge is -2.15. The Bertz CT molecular complexity index is 641. The minimum Gasteiger partial charge on any atom is -0.507 e. The summed E-state index contributed by atoms with van der Waals surface area (Å²) >= 11 is 0. The van der Waals surface area contributed by atoms with Crippen molar-refractivity contribution in [1.82, 2.24) is 5.48 Å². The van der Waals surface area contributed by atoms with Crippen molar-refractivity contribution in [2.75, 3.05) is 0 Å². The summed E-state index contributed by atoms with van der Waals surface area (Å²) < 4.78 is 5.77. The molecular formula is C17H19NO4. The molecule has 0 bridgehead atoms. The van der Waals surface area contributed by atoms with Gasteiger partial charge in [-0.2, -0.15) is 0 Å². The van der Waals surface area contributed by atoms with Crippen LogP contribution in [0.4, 0.5) is 0 Å². The molecule has 5 nitrogen and oxygen atoms in total. The molecule has 0 aromatic heterocycles. The van der Waals surface area contributed by atoms with Gasteiger partial charge in [0.05, 0.1) is 5.56 Å². The lowest BCUT2D eigenvalue weighted by atomic mass is 10.0. The third kappa shape index (κ3) is 3.56. The largest absolute Gasteiger partial charge is 0.507 e. The van der Waals surface area contributed by atoms with E-state index in [0.717, 1.165) is 12.0 Å². The van der Waals surface area contributed by atoms with Gasteiger partial charge in [-0.25, -0.2) is 5.48 Å². The molecule has 2 rings (SSSR count). The number of nitrogens with one attached hydrogen (secondary N) is 1. The third-order valence-corrected chi connectivity index (χ3v) is 3.32. The van der Waals surface area contributed by atoms with Gasteiger partial charge >= 0.3 is 0 Å². The summed E-state index contributed by atoms with van der Waals surface area (Å²) in [7, 11) is 0. The molecule has 0 saturated carbocycles. The van der Waals surface area contributed by atoms with Crippen LogP contribution in [-0.4, -0.2) is 16.2 Å². The number of aromatic hydroxyl groups is 1. The number of carbonyl (C=O) groups is 1. The molecule has 0 unspecified atom stereocenters. The lowest BCUT2D eigenvalue weighted by Crippen LogP contribution is -2.19. The van der Waals surface area contributed by atoms with Gasteiger partial charge < -0.3 is 9.84 Å². The Morgan fingerprint density at radius 3 is 2.55 bits per heavy atom. The number of hydrogen-bond donors (Lipinski definition) is 3. The fourth-order valence-electron chi connectivity index (χ4n) is 2.22. The van der Waals surface area contributed by atoms with Crippen LogP contribution in [0.1, 0.15) is 34.8 Å². The van der Waals surface area contributed by atoms with Crippen molar-refractivity contribution in [2.45, 2.75) is 26.4 Å². The van der Waals surface area contributed by atoms with Crippen LogP contribution in [0.2, 0.25) is 0 Å². The van der Waals surface area contributed by atoms with Gasteiger partial charge in [-0.3, -0.25) is 10.0 Å². The van der Waals surface area contributed by atoms with Crippen molar-refractivity contribution in [3.63, 3.8) is 0 Å². The molecule has 0 radical (unpaired) electrons. The second-order valence-corrected chi connectivity index (χ2v) is 4.90. The predicted octanol–water partition coefficient (Wildman–Crippen LogP) is 3.04. The standard InChI is InChI=1S/C17H19NO4/c1-2-6-13-15(22-11-12-7-4-3-5-8-12)10-9-14(16(13)19)17(20)18-21/h3-5,7-10,19,21H,2,6,11H2,1H3,(H,18,20). The Kier molecular flexibility index (Phi) is 5.38. The number of rotatable bonds is 6. The number of benzene rings is 2. The van der Waals surface area contributed by atoms with E-state index in [2.05, 4.69) is 0 Å². The first-order valence-electron chi connectivity index (χ1n) is 7.13. The zero-order chi connectivity index (χ0) is 15.9. The minimum atomic E-state index is -0.746. The molecule has 5 heteroatoms. The molecule has 0 spiro atoms. The minimum absolute atomic E-state index is 0.0259. The number of amides is 1. The number of phenolic OH excluding ortho intramolecular Hbond substituents is 1. The first kappa shape index (κ1) is 15.9. The second kappa shape index (κ2) is 7.47. The molecule has 0 fully saturated rings. The second-order valence-electron chi connectivity index (χ2n) is 4.90. The molecule has 0 aliphatic rings. The van der Waals surface area contributed by atoms with Crippen LogP contribution in [0.5, 0.6) is 11.5 Å². The Hall–Kier alpha value is -2.53. The van der Waals surface area contributed by atoms with Crippen LogP contribution >= 0.6 is 0 Å². The van der Waals surface area contributed by atoms with Gasteiger partial charge in [0.1, 0.15) is 18.1 Å². The van der Waals surface area contributed by atoms with Crippen molar-refractivity contribution < 1.29 is 19.8 Å². The summed E-state index contributed by atoms with van der Waals surface area (Å²) in [5.41, 5.74) is 3.14. The highest BCUT2D eigenvalue weighted by molar-refractivity contribution is 5.96. The van der Waals surface area contributed by atoms with E-state index in [1.165, 1.54) is 11.5 Å². The smallest absolute Gasteiger partial charge is 0.278 e. The zero-order valence-corrected chi connectivity index (χ0v) is 12.4. The summed E-state index contributed by atoms with van der Waals surface area (Å²) in [5, 5.41) is 19.0. The van der Waals surface area contributed by atoms with Crippen molar-refractivity contribution in [3.8, 4) is 11.5 Å². The highest BCUT2D eigenvalue weighted by atomic mass is 16.5. The van der Waals surface area contributed by atoms with Gasteiger partial charge in [0.2, 0.25) is 0 Å². The summed E-state index contributed by atoms with van der Waals surface area (Å²) in [4.78, 5) is 11.5. The average molecular weight is 301 g/mol. The fourth-order valence-corrected chi connectivity index (χ4v) is 2.22. The molecule has 1 amide bonds. The van der Waals surface area contributed by atoms with Crippen molar-refractivity contribution >= 4 is 5.91 Å². The number of ether oxygens (including phenoxy) is 1. The summed E-state index contributed by atoms with van der Waals surface area (Å²) in [6, 6.07) is 12.8. The fraction of sp³-hybridized carbons (Fsp3) is 0.235. The average Bonchev–Trinajstić information content (AvgIpc) is 2.56. The number of hydroxylamine groups is 1. The SMILES string of the molecule is CCCc1c(OCc2ccccc2)ccc(C(=O)NO)c1O. The topological polar surface area (TPSA) is 78.8 Å². The lowest BCUT2D eigenvalue weighted by molar-refractivity contribution is 0.0703. The van der Waals surface area contributed by atoms with E-state index in [0.29, 0.717) is 24.3 Å². The third-order valence-electron chi connectivity index (χ3n) is 3.32. The van der Waals surface area contributed by atoms with Gasteiger partial charge in [0.15, 0.2) is 0 Å². The van der Waals surface area contributed by atoms with E-state index in [4.69, 9.17) is 9.94 Å². The van der Waals surface area contributed by atoms with E-state index < -0.39 is 5.91 Å². The molecule has 3 N–H and O–H groups in total. The van der Waals surface area contributed by atoms with Crippen molar-refractivity contribution in [3.05, 3.63) is 59.2 Å². The highest BCUT2D eigenvalue weighted by Crippen LogP contribution is 2.33. The van der Waals surface area contributed by atoms with Crippen LogP contribution in [0.15, 0.2) is 42.5 Å². The van der Waals surface area contributed by atoms with Gasteiger partial charge in [0, 0.05) is 5.56 Å². The van der Waals surface area contributed by atoms with E-state index in [9.17, 15) is 9.90 Å². The Balaban J connectivity index is 2.26. The Morgan fingerprint density at radius 2 is 1.91 bits per heavy atom. The van der Waals surface area contributed by atoms with Crippen molar-refractivity contribution in [1.29, 1.82) is 0 Å². The maximum Gasteiger partial charge on any atom is 0.278 e. The van der Waals surface area contributed by atoms with Gasteiger partial charge in [-0.15, -0.1) is 0 Å². The molecule has 22 heavy (non-hydrogen) atoms. The number of phenols is 1. The number of hydrogen-bond acceptors (Lipinski definition) is 4. The van der Waals surface area contributed by atoms with Crippen molar-refractivity contribution in [2.24, 2.45) is 0 Å². The summed E-state index contributed by atoms with van der Waals surface area (Å²) in [5.74, 6) is -0.360. The quantitative estimate of drug-likeness (QED) is 0.566. The Morgan fingerprint density at radius 1 is 1.18 bits per heavy atom. The van der Waals surface area contributed by atoms with Gasteiger partial charge in [0.25, 0.3) is 5.91 Å². The molecule has 2 aromatic carbocycles. The van der Waals surface area contributed by atoms with E-state index in [-0.39, 0.29) is 11.3 Å². The van der Waals surface area contributed by atoms with Crippen LogP contribution < -0.4 is 10.2 Å². The highest BCUT2D eigenvalue weighted by Gasteiger charge is 2.17. The maximum absolute atomic E-state index is 11.5. The normalized spacial score (nSPS) is 10.3. The first-order valence-corrected chi connectivity index (χ1v) is 7.13. The molecule has 0 heterocycles. The van der Waals surface area contributed by atoms with Crippen LogP contribution in [0.3, 0.4) is 0 Å². The molecular weight excluding hydrogens is 282 g/mol.